The first-order chi connectivity index (χ1) is 7.06. The molecule has 0 atom stereocenters. The molecule has 0 aliphatic rings. The van der Waals surface area contributed by atoms with Crippen LogP contribution in [0, 0.1) is 20.8 Å². The Morgan fingerprint density at radius 3 is 2.53 bits per heavy atom. The summed E-state index contributed by atoms with van der Waals surface area (Å²) in [6.45, 7) is 6.81. The number of carbonyl (C=O) groups excluding carboxylic acids is 1. The normalized spacial score (nSPS) is 10.1. The van der Waals surface area contributed by atoms with E-state index in [0.29, 0.717) is 6.54 Å². The van der Waals surface area contributed by atoms with Gasteiger partial charge in [0.15, 0.2) is 0 Å². The van der Waals surface area contributed by atoms with Gasteiger partial charge in [0.2, 0.25) is 5.91 Å². The lowest BCUT2D eigenvalue weighted by Gasteiger charge is -2.11. The highest BCUT2D eigenvalue weighted by Gasteiger charge is 2.04. The van der Waals surface area contributed by atoms with Crippen molar-refractivity contribution in [1.29, 1.82) is 0 Å². The first-order valence-electron chi connectivity index (χ1n) is 4.94. The van der Waals surface area contributed by atoms with Gasteiger partial charge in [0.1, 0.15) is 5.88 Å². The van der Waals surface area contributed by atoms with Crippen molar-refractivity contribution >= 4 is 17.5 Å². The van der Waals surface area contributed by atoms with Gasteiger partial charge in [-0.1, -0.05) is 12.1 Å². The van der Waals surface area contributed by atoms with Gasteiger partial charge in [-0.2, -0.15) is 0 Å². The van der Waals surface area contributed by atoms with Crippen molar-refractivity contribution in [2.45, 2.75) is 27.3 Å². The van der Waals surface area contributed by atoms with Crippen LogP contribution in [0.5, 0.6) is 0 Å². The molecular formula is C12H16ClNO. The summed E-state index contributed by atoms with van der Waals surface area (Å²) in [5.41, 5.74) is 4.95. The molecule has 2 nitrogen and oxygen atoms in total. The molecule has 3 heteroatoms. The molecular weight excluding hydrogens is 210 g/mol. The predicted molar refractivity (Wildman–Crippen MR) is 63.2 cm³/mol. The average Bonchev–Trinajstić information content (AvgIpc) is 2.24. The summed E-state index contributed by atoms with van der Waals surface area (Å²) >= 11 is 5.40. The first-order valence-corrected chi connectivity index (χ1v) is 5.48. The number of hydrogen-bond donors (Lipinski definition) is 1. The van der Waals surface area contributed by atoms with Crippen molar-refractivity contribution in [2.75, 3.05) is 5.88 Å². The lowest BCUT2D eigenvalue weighted by Crippen LogP contribution is -2.24. The van der Waals surface area contributed by atoms with Crippen molar-refractivity contribution < 1.29 is 4.79 Å². The van der Waals surface area contributed by atoms with Crippen LogP contribution in [0.3, 0.4) is 0 Å². The van der Waals surface area contributed by atoms with Gasteiger partial charge in [-0.3, -0.25) is 4.79 Å². The maximum absolute atomic E-state index is 11.0. The molecule has 0 radical (unpaired) electrons. The molecule has 0 bridgehead atoms. The number of hydrogen-bond acceptors (Lipinski definition) is 1. The number of aryl methyl sites for hydroxylation is 1. The Labute approximate surface area is 95.6 Å². The third kappa shape index (κ3) is 2.96. The van der Waals surface area contributed by atoms with Crippen LogP contribution in [0.4, 0.5) is 0 Å². The number of rotatable bonds is 3. The zero-order valence-electron chi connectivity index (χ0n) is 9.36. The van der Waals surface area contributed by atoms with Crippen LogP contribution in [0.1, 0.15) is 22.3 Å². The second-order valence-electron chi connectivity index (χ2n) is 3.70. The molecule has 0 saturated carbocycles. The van der Waals surface area contributed by atoms with Crippen molar-refractivity contribution in [3.63, 3.8) is 0 Å². The van der Waals surface area contributed by atoms with Gasteiger partial charge in [-0.05, 0) is 43.0 Å². The SMILES string of the molecule is Cc1ccc(CNC(=O)CCl)c(C)c1C. The van der Waals surface area contributed by atoms with Crippen LogP contribution < -0.4 is 5.32 Å². The van der Waals surface area contributed by atoms with Crippen molar-refractivity contribution in [3.05, 3.63) is 34.4 Å². The molecule has 82 valence electrons. The van der Waals surface area contributed by atoms with E-state index in [9.17, 15) is 4.79 Å². The molecule has 1 amide bonds. The van der Waals surface area contributed by atoms with E-state index in [0.717, 1.165) is 5.56 Å². The summed E-state index contributed by atoms with van der Waals surface area (Å²) in [5, 5.41) is 2.77. The van der Waals surface area contributed by atoms with Gasteiger partial charge in [0.05, 0.1) is 0 Å². The Kier molecular flexibility index (Phi) is 4.15. The van der Waals surface area contributed by atoms with E-state index in [1.165, 1.54) is 16.7 Å². The fourth-order valence-corrected chi connectivity index (χ4v) is 1.54. The average molecular weight is 226 g/mol. The van der Waals surface area contributed by atoms with Crippen LogP contribution in [0.25, 0.3) is 0 Å². The number of carbonyl (C=O) groups is 1. The van der Waals surface area contributed by atoms with Crippen LogP contribution in [0.2, 0.25) is 0 Å². The molecule has 1 aromatic carbocycles. The highest BCUT2D eigenvalue weighted by molar-refractivity contribution is 6.27. The maximum atomic E-state index is 11.0. The minimum absolute atomic E-state index is 0.0177. The van der Waals surface area contributed by atoms with Crippen LogP contribution >= 0.6 is 11.6 Å². The second-order valence-corrected chi connectivity index (χ2v) is 3.97. The molecule has 0 saturated heterocycles. The quantitative estimate of drug-likeness (QED) is 0.787. The van der Waals surface area contributed by atoms with Crippen LogP contribution in [-0.4, -0.2) is 11.8 Å². The van der Waals surface area contributed by atoms with E-state index in [1.54, 1.807) is 0 Å². The number of alkyl halides is 1. The highest BCUT2D eigenvalue weighted by atomic mass is 35.5. The lowest BCUT2D eigenvalue weighted by molar-refractivity contribution is -0.118. The standard InChI is InChI=1S/C12H16ClNO/c1-8-4-5-11(10(3)9(8)2)7-14-12(15)6-13/h4-5H,6-7H2,1-3H3,(H,14,15). The smallest absolute Gasteiger partial charge is 0.235 e. The van der Waals surface area contributed by atoms with E-state index in [-0.39, 0.29) is 11.8 Å². The predicted octanol–water partition coefficient (Wildman–Crippen LogP) is 2.47. The summed E-state index contributed by atoms with van der Waals surface area (Å²) in [4.78, 5) is 11.0. The van der Waals surface area contributed by atoms with Crippen LogP contribution in [-0.2, 0) is 11.3 Å². The zero-order valence-corrected chi connectivity index (χ0v) is 10.1. The lowest BCUT2D eigenvalue weighted by atomic mass is 9.99. The Morgan fingerprint density at radius 2 is 1.93 bits per heavy atom. The minimum atomic E-state index is -0.130. The molecule has 1 aromatic rings. The zero-order chi connectivity index (χ0) is 11.4. The van der Waals surface area contributed by atoms with E-state index in [1.807, 2.05) is 6.07 Å². The summed E-state index contributed by atoms with van der Waals surface area (Å²) in [6, 6.07) is 4.12. The van der Waals surface area contributed by atoms with Gasteiger partial charge in [-0.25, -0.2) is 0 Å². The van der Waals surface area contributed by atoms with Gasteiger partial charge in [0.25, 0.3) is 0 Å². The summed E-state index contributed by atoms with van der Waals surface area (Å²) < 4.78 is 0. The Hall–Kier alpha value is -1.02. The number of nitrogens with one attached hydrogen (secondary N) is 1. The third-order valence-electron chi connectivity index (χ3n) is 2.77. The topological polar surface area (TPSA) is 29.1 Å². The number of benzene rings is 1. The molecule has 0 fully saturated rings. The molecule has 0 aliphatic heterocycles. The third-order valence-corrected chi connectivity index (χ3v) is 3.01. The van der Waals surface area contributed by atoms with E-state index < -0.39 is 0 Å². The summed E-state index contributed by atoms with van der Waals surface area (Å²) in [6.07, 6.45) is 0. The van der Waals surface area contributed by atoms with Crippen LogP contribution in [0.15, 0.2) is 12.1 Å². The monoisotopic (exact) mass is 225 g/mol. The molecule has 0 aromatic heterocycles. The van der Waals surface area contributed by atoms with Crippen molar-refractivity contribution in [1.82, 2.24) is 5.32 Å². The molecule has 1 N–H and O–H groups in total. The molecule has 0 heterocycles. The molecule has 0 unspecified atom stereocenters. The maximum Gasteiger partial charge on any atom is 0.235 e. The van der Waals surface area contributed by atoms with Gasteiger partial charge in [0, 0.05) is 6.54 Å². The number of amides is 1. The summed E-state index contributed by atoms with van der Waals surface area (Å²) in [7, 11) is 0. The van der Waals surface area contributed by atoms with E-state index in [4.69, 9.17) is 11.6 Å². The van der Waals surface area contributed by atoms with E-state index >= 15 is 0 Å². The largest absolute Gasteiger partial charge is 0.351 e. The Morgan fingerprint density at radius 1 is 1.27 bits per heavy atom. The summed E-state index contributed by atoms with van der Waals surface area (Å²) in [5.74, 6) is -0.113. The van der Waals surface area contributed by atoms with Crippen molar-refractivity contribution in [3.8, 4) is 0 Å². The fraction of sp³-hybridized carbons (Fsp3) is 0.417. The molecule has 0 spiro atoms. The fourth-order valence-electron chi connectivity index (χ4n) is 1.44. The second kappa shape index (κ2) is 5.17. The highest BCUT2D eigenvalue weighted by Crippen LogP contribution is 2.16. The Balaban J connectivity index is 2.78. The minimum Gasteiger partial charge on any atom is -0.351 e. The first kappa shape index (κ1) is 12.1. The van der Waals surface area contributed by atoms with Gasteiger partial charge < -0.3 is 5.32 Å². The van der Waals surface area contributed by atoms with Gasteiger partial charge >= 0.3 is 0 Å². The molecule has 0 aliphatic carbocycles. The number of halogens is 1. The van der Waals surface area contributed by atoms with Gasteiger partial charge in [-0.15, -0.1) is 11.6 Å². The molecule has 15 heavy (non-hydrogen) atoms. The van der Waals surface area contributed by atoms with E-state index in [2.05, 4.69) is 32.2 Å². The molecule has 1 rings (SSSR count). The Bertz CT molecular complexity index is 374. The van der Waals surface area contributed by atoms with Crippen molar-refractivity contribution in [2.24, 2.45) is 0 Å².